The van der Waals surface area contributed by atoms with Crippen LogP contribution in [0.15, 0.2) is 24.3 Å². The number of aliphatic hydroxyl groups is 4. The fourth-order valence-corrected chi connectivity index (χ4v) is 2.57. The first-order chi connectivity index (χ1) is 12.6. The quantitative estimate of drug-likeness (QED) is 0.437. The van der Waals surface area contributed by atoms with Gasteiger partial charge in [-0.1, -0.05) is 12.1 Å². The number of carbonyl (C=O) groups is 1. The van der Waals surface area contributed by atoms with Crippen LogP contribution in [0.1, 0.15) is 12.0 Å². The summed E-state index contributed by atoms with van der Waals surface area (Å²) in [5.41, 5.74) is 0.577. The Morgan fingerprint density at radius 1 is 1.11 bits per heavy atom. The largest absolute Gasteiger partial charge is 0.573 e. The SMILES string of the molecule is O=C(CCc1ccc(OC(F)(F)F)cc1)N[C@@H]1O[C@H](CO)[C@H](O)[C@H](O)[C@H]1O. The van der Waals surface area contributed by atoms with Crippen molar-refractivity contribution < 1.29 is 47.9 Å². The van der Waals surface area contributed by atoms with E-state index in [2.05, 4.69) is 10.1 Å². The molecule has 0 aliphatic carbocycles. The number of amides is 1. The Bertz CT molecular complexity index is 623. The maximum absolute atomic E-state index is 12.1. The highest BCUT2D eigenvalue weighted by Crippen LogP contribution is 2.23. The number of aliphatic hydroxyl groups excluding tert-OH is 4. The Kier molecular flexibility index (Phi) is 7.00. The van der Waals surface area contributed by atoms with Gasteiger partial charge in [0.15, 0.2) is 6.23 Å². The van der Waals surface area contributed by atoms with Gasteiger partial charge in [0.05, 0.1) is 6.61 Å². The standard InChI is InChI=1S/C16H20F3NO7/c17-16(18,19)27-9-4-1-8(2-5-9)3-6-11(22)20-15-14(25)13(24)12(23)10(7-21)26-15/h1-2,4-5,10,12-15,21,23-25H,3,6-7H2,(H,20,22)/t10-,12+,13+,14-,15-/m1/s1. The fraction of sp³-hybridized carbons (Fsp3) is 0.562. The topological polar surface area (TPSA) is 128 Å². The second-order valence-electron chi connectivity index (χ2n) is 6.01. The first kappa shape index (κ1) is 21.4. The van der Waals surface area contributed by atoms with Gasteiger partial charge in [0.1, 0.15) is 30.2 Å². The summed E-state index contributed by atoms with van der Waals surface area (Å²) in [6, 6.07) is 5.00. The molecular formula is C16H20F3NO7. The molecule has 2 rings (SSSR count). The van der Waals surface area contributed by atoms with E-state index in [4.69, 9.17) is 9.84 Å². The molecular weight excluding hydrogens is 375 g/mol. The molecule has 1 aliphatic rings. The summed E-state index contributed by atoms with van der Waals surface area (Å²) in [6.45, 7) is -0.621. The number of halogens is 3. The van der Waals surface area contributed by atoms with Crippen LogP contribution in [0, 0.1) is 0 Å². The molecule has 1 heterocycles. The molecule has 1 aliphatic heterocycles. The third-order valence-electron chi connectivity index (χ3n) is 3.99. The van der Waals surface area contributed by atoms with E-state index >= 15 is 0 Å². The Balaban J connectivity index is 1.85. The van der Waals surface area contributed by atoms with E-state index in [-0.39, 0.29) is 18.6 Å². The molecule has 0 aromatic heterocycles. The average molecular weight is 395 g/mol. The lowest BCUT2D eigenvalue weighted by Crippen LogP contribution is -2.63. The van der Waals surface area contributed by atoms with Crippen LogP contribution in [-0.4, -0.2) is 69.9 Å². The third kappa shape index (κ3) is 6.04. The van der Waals surface area contributed by atoms with Gasteiger partial charge in [-0.05, 0) is 24.1 Å². The first-order valence-electron chi connectivity index (χ1n) is 8.05. The van der Waals surface area contributed by atoms with Crippen molar-refractivity contribution in [2.24, 2.45) is 0 Å². The molecule has 0 bridgehead atoms. The minimum Gasteiger partial charge on any atom is -0.406 e. The van der Waals surface area contributed by atoms with Crippen LogP contribution in [0.5, 0.6) is 5.75 Å². The van der Waals surface area contributed by atoms with Crippen LogP contribution in [0.2, 0.25) is 0 Å². The van der Waals surface area contributed by atoms with Crippen molar-refractivity contribution >= 4 is 5.91 Å². The number of ether oxygens (including phenoxy) is 2. The molecule has 11 heteroatoms. The molecule has 152 valence electrons. The van der Waals surface area contributed by atoms with E-state index in [9.17, 15) is 33.3 Å². The smallest absolute Gasteiger partial charge is 0.406 e. The highest BCUT2D eigenvalue weighted by molar-refractivity contribution is 5.76. The Morgan fingerprint density at radius 3 is 2.30 bits per heavy atom. The fourth-order valence-electron chi connectivity index (χ4n) is 2.57. The molecule has 0 saturated carbocycles. The summed E-state index contributed by atoms with van der Waals surface area (Å²) in [4.78, 5) is 12.0. The molecule has 1 aromatic rings. The van der Waals surface area contributed by atoms with Crippen LogP contribution >= 0.6 is 0 Å². The predicted octanol–water partition coefficient (Wildman–Crippen LogP) is -0.566. The van der Waals surface area contributed by atoms with Crippen molar-refractivity contribution in [2.45, 2.75) is 49.8 Å². The molecule has 0 radical (unpaired) electrons. The molecule has 1 saturated heterocycles. The highest BCUT2D eigenvalue weighted by Gasteiger charge is 2.43. The number of hydrogen-bond acceptors (Lipinski definition) is 7. The maximum atomic E-state index is 12.1. The van der Waals surface area contributed by atoms with Gasteiger partial charge >= 0.3 is 6.36 Å². The number of carbonyl (C=O) groups excluding carboxylic acids is 1. The monoisotopic (exact) mass is 395 g/mol. The number of aryl methyl sites for hydroxylation is 1. The number of hydrogen-bond donors (Lipinski definition) is 5. The van der Waals surface area contributed by atoms with Crippen molar-refractivity contribution in [3.05, 3.63) is 29.8 Å². The predicted molar refractivity (Wildman–Crippen MR) is 83.4 cm³/mol. The lowest BCUT2D eigenvalue weighted by molar-refractivity contribution is -0.274. The second-order valence-corrected chi connectivity index (χ2v) is 6.01. The van der Waals surface area contributed by atoms with Crippen molar-refractivity contribution in [1.29, 1.82) is 0 Å². The van der Waals surface area contributed by atoms with Crippen molar-refractivity contribution in [2.75, 3.05) is 6.61 Å². The molecule has 8 nitrogen and oxygen atoms in total. The van der Waals surface area contributed by atoms with Crippen LogP contribution < -0.4 is 10.1 Å². The number of nitrogens with one attached hydrogen (secondary N) is 1. The lowest BCUT2D eigenvalue weighted by Gasteiger charge is -2.40. The van der Waals surface area contributed by atoms with E-state index in [1.165, 1.54) is 12.1 Å². The molecule has 0 spiro atoms. The summed E-state index contributed by atoms with van der Waals surface area (Å²) in [5.74, 6) is -0.938. The Morgan fingerprint density at radius 2 is 1.74 bits per heavy atom. The van der Waals surface area contributed by atoms with Gasteiger partial charge in [-0.3, -0.25) is 4.79 Å². The van der Waals surface area contributed by atoms with E-state index in [1.54, 1.807) is 0 Å². The van der Waals surface area contributed by atoms with Crippen LogP contribution in [0.3, 0.4) is 0 Å². The summed E-state index contributed by atoms with van der Waals surface area (Å²) in [5, 5.41) is 40.6. The van der Waals surface area contributed by atoms with Crippen molar-refractivity contribution in [3.63, 3.8) is 0 Å². The summed E-state index contributed by atoms with van der Waals surface area (Å²) in [6.07, 6.45) is -11.9. The molecule has 0 unspecified atom stereocenters. The molecule has 1 amide bonds. The summed E-state index contributed by atoms with van der Waals surface area (Å²) in [7, 11) is 0. The van der Waals surface area contributed by atoms with Gasteiger partial charge in [0.2, 0.25) is 5.91 Å². The lowest BCUT2D eigenvalue weighted by atomic mass is 9.98. The number of alkyl halides is 3. The zero-order valence-electron chi connectivity index (χ0n) is 14.0. The van der Waals surface area contributed by atoms with Gasteiger partial charge < -0.3 is 35.2 Å². The third-order valence-corrected chi connectivity index (χ3v) is 3.99. The van der Waals surface area contributed by atoms with E-state index in [0.29, 0.717) is 5.56 Å². The van der Waals surface area contributed by atoms with Gasteiger partial charge in [0.25, 0.3) is 0 Å². The summed E-state index contributed by atoms with van der Waals surface area (Å²) < 4.78 is 45.2. The van der Waals surface area contributed by atoms with E-state index in [0.717, 1.165) is 12.1 Å². The molecule has 5 atom stereocenters. The normalized spacial score (nSPS) is 28.6. The minimum atomic E-state index is -4.78. The van der Waals surface area contributed by atoms with Gasteiger partial charge in [0, 0.05) is 6.42 Å². The minimum absolute atomic E-state index is 0.0749. The second kappa shape index (κ2) is 8.85. The van der Waals surface area contributed by atoms with Crippen molar-refractivity contribution in [3.8, 4) is 5.75 Å². The molecule has 5 N–H and O–H groups in total. The van der Waals surface area contributed by atoms with Crippen LogP contribution in [0.25, 0.3) is 0 Å². The number of benzene rings is 1. The maximum Gasteiger partial charge on any atom is 0.573 e. The highest BCUT2D eigenvalue weighted by atomic mass is 19.4. The van der Waals surface area contributed by atoms with E-state index < -0.39 is 49.5 Å². The molecule has 1 aromatic carbocycles. The molecule has 1 fully saturated rings. The molecule has 27 heavy (non-hydrogen) atoms. The van der Waals surface area contributed by atoms with Gasteiger partial charge in [-0.25, -0.2) is 0 Å². The number of rotatable bonds is 6. The average Bonchev–Trinajstić information content (AvgIpc) is 2.60. The van der Waals surface area contributed by atoms with Crippen LogP contribution in [0.4, 0.5) is 13.2 Å². The Labute approximate surface area is 152 Å². The zero-order valence-corrected chi connectivity index (χ0v) is 14.0. The summed E-state index contributed by atoms with van der Waals surface area (Å²) >= 11 is 0. The zero-order chi connectivity index (χ0) is 20.2. The Hall–Kier alpha value is -1.92. The van der Waals surface area contributed by atoms with E-state index in [1.807, 2.05) is 0 Å². The van der Waals surface area contributed by atoms with Crippen molar-refractivity contribution in [1.82, 2.24) is 5.32 Å². The van der Waals surface area contributed by atoms with Gasteiger partial charge in [-0.2, -0.15) is 0 Å². The van der Waals surface area contributed by atoms with Crippen LogP contribution in [-0.2, 0) is 16.0 Å². The van der Waals surface area contributed by atoms with Gasteiger partial charge in [-0.15, -0.1) is 13.2 Å². The first-order valence-corrected chi connectivity index (χ1v) is 8.05.